The second kappa shape index (κ2) is 5.45. The van der Waals surface area contributed by atoms with E-state index in [2.05, 4.69) is 15.9 Å². The Hall–Kier alpha value is 0.314. The summed E-state index contributed by atoms with van der Waals surface area (Å²) in [7, 11) is 0. The molecule has 0 unspecified atom stereocenters. The first-order valence-corrected chi connectivity index (χ1v) is 1.69. The van der Waals surface area contributed by atoms with E-state index in [4.69, 9.17) is 0 Å². The quantitative estimate of drug-likeness (QED) is 0.569. The Bertz CT molecular complexity index is 116. The first-order chi connectivity index (χ1) is 2.89. The summed E-state index contributed by atoms with van der Waals surface area (Å²) in [4.78, 5) is 0. The van der Waals surface area contributed by atoms with Gasteiger partial charge in [0.25, 0.3) is 0 Å². The minimum atomic E-state index is 0. The van der Waals surface area contributed by atoms with Crippen molar-refractivity contribution in [3.8, 4) is 0 Å². The minimum Gasteiger partial charge on any atom is -0.480 e. The molecule has 0 bridgehead atoms. The van der Waals surface area contributed by atoms with Crippen LogP contribution >= 0.6 is 0 Å². The van der Waals surface area contributed by atoms with E-state index in [1.165, 1.54) is 0 Å². The molecule has 1 aromatic heterocycles. The molecule has 0 spiro atoms. The SMILES string of the molecule is Cc1c[c-]on1.[CH3-].[Y]. The Morgan fingerprint density at radius 1 is 1.75 bits per heavy atom. The van der Waals surface area contributed by atoms with Crippen molar-refractivity contribution in [1.82, 2.24) is 5.16 Å². The van der Waals surface area contributed by atoms with Crippen LogP contribution in [0.15, 0.2) is 10.6 Å². The number of hydrogen-bond donors (Lipinski definition) is 0. The smallest absolute Gasteiger partial charge is 0 e. The third-order valence-electron chi connectivity index (χ3n) is 0.510. The Morgan fingerprint density at radius 3 is 2.50 bits per heavy atom. The van der Waals surface area contributed by atoms with Gasteiger partial charge < -0.3 is 11.9 Å². The monoisotopic (exact) mass is 186 g/mol. The molecule has 0 saturated carbocycles. The van der Waals surface area contributed by atoms with Crippen molar-refractivity contribution in [1.29, 1.82) is 0 Å². The maximum absolute atomic E-state index is 4.34. The van der Waals surface area contributed by atoms with Gasteiger partial charge in [-0.15, -0.1) is 0 Å². The summed E-state index contributed by atoms with van der Waals surface area (Å²) in [5, 5.41) is 3.49. The largest absolute Gasteiger partial charge is 0.480 e. The molecule has 1 rings (SSSR count). The average molecular weight is 186 g/mol. The summed E-state index contributed by atoms with van der Waals surface area (Å²) >= 11 is 0. The van der Waals surface area contributed by atoms with E-state index in [9.17, 15) is 0 Å². The number of nitrogens with zero attached hydrogens (tertiary/aromatic N) is 1. The molecule has 0 aliphatic rings. The topological polar surface area (TPSA) is 26.0 Å². The molecule has 0 amide bonds. The van der Waals surface area contributed by atoms with Crippen LogP contribution in [0.25, 0.3) is 0 Å². The number of hydrogen-bond acceptors (Lipinski definition) is 2. The standard InChI is InChI=1S/C4H4NO.CH3.Y/c1-4-2-3-6-5-4;;/h2H,1H3;1H3;/q2*-1;. The van der Waals surface area contributed by atoms with E-state index in [-0.39, 0.29) is 40.1 Å². The van der Waals surface area contributed by atoms with Gasteiger partial charge in [0.05, 0.1) is 0 Å². The van der Waals surface area contributed by atoms with Crippen LogP contribution in [-0.2, 0) is 32.7 Å². The second-order valence-electron chi connectivity index (χ2n) is 1.09. The van der Waals surface area contributed by atoms with E-state index >= 15 is 0 Å². The summed E-state index contributed by atoms with van der Waals surface area (Å²) in [5.74, 6) is 0. The Morgan fingerprint density at radius 2 is 2.38 bits per heavy atom. The van der Waals surface area contributed by atoms with Crippen molar-refractivity contribution in [3.05, 3.63) is 25.5 Å². The first-order valence-electron chi connectivity index (χ1n) is 1.69. The fraction of sp³-hybridized carbons (Fsp3) is 0.200. The van der Waals surface area contributed by atoms with Crippen LogP contribution in [-0.4, -0.2) is 5.16 Å². The van der Waals surface area contributed by atoms with Crippen LogP contribution in [0.2, 0.25) is 0 Å². The van der Waals surface area contributed by atoms with Crippen molar-refractivity contribution in [3.63, 3.8) is 0 Å². The minimum absolute atomic E-state index is 0. The maximum atomic E-state index is 4.34. The van der Waals surface area contributed by atoms with Crippen molar-refractivity contribution < 1.29 is 37.2 Å². The number of aromatic nitrogens is 1. The van der Waals surface area contributed by atoms with Gasteiger partial charge in [-0.3, -0.25) is 0 Å². The van der Waals surface area contributed by atoms with Crippen molar-refractivity contribution >= 4 is 0 Å². The van der Waals surface area contributed by atoms with Gasteiger partial charge in [0.1, 0.15) is 0 Å². The van der Waals surface area contributed by atoms with Gasteiger partial charge in [0.15, 0.2) is 0 Å². The molecule has 0 aliphatic carbocycles. The van der Waals surface area contributed by atoms with Crippen LogP contribution in [0.4, 0.5) is 0 Å². The van der Waals surface area contributed by atoms with E-state index < -0.39 is 0 Å². The molecule has 0 aromatic carbocycles. The molecule has 43 valence electrons. The summed E-state index contributed by atoms with van der Waals surface area (Å²) in [6.45, 7) is 1.85. The van der Waals surface area contributed by atoms with Crippen LogP contribution in [0.5, 0.6) is 0 Å². The fourth-order valence-electron chi connectivity index (χ4n) is 0.236. The second-order valence-corrected chi connectivity index (χ2v) is 1.09. The maximum Gasteiger partial charge on any atom is 0 e. The van der Waals surface area contributed by atoms with Crippen LogP contribution in [0.1, 0.15) is 5.69 Å². The average Bonchev–Trinajstić information content (AvgIpc) is 1.86. The van der Waals surface area contributed by atoms with Gasteiger partial charge in [0.2, 0.25) is 0 Å². The van der Waals surface area contributed by atoms with Gasteiger partial charge >= 0.3 is 0 Å². The molecular weight excluding hydrogens is 179 g/mol. The zero-order chi connectivity index (χ0) is 4.41. The third kappa shape index (κ3) is 3.33. The van der Waals surface area contributed by atoms with Crippen LogP contribution in [0, 0.1) is 20.6 Å². The molecule has 3 heteroatoms. The molecule has 2 nitrogen and oxygen atoms in total. The molecule has 1 aromatic rings. The van der Waals surface area contributed by atoms with E-state index in [0.717, 1.165) is 5.69 Å². The molecule has 0 aliphatic heterocycles. The molecular formula is C5H7NOY-2. The molecule has 1 radical (unpaired) electrons. The predicted octanol–water partition coefficient (Wildman–Crippen LogP) is 1.23. The fourth-order valence-corrected chi connectivity index (χ4v) is 0.236. The summed E-state index contributed by atoms with van der Waals surface area (Å²) in [5.41, 5.74) is 0.870. The zero-order valence-corrected chi connectivity index (χ0v) is 7.85. The van der Waals surface area contributed by atoms with Gasteiger partial charge in [-0.25, -0.2) is 5.16 Å². The number of aryl methyl sites for hydroxylation is 1. The normalized spacial score (nSPS) is 6.62. The number of rotatable bonds is 0. The summed E-state index contributed by atoms with van der Waals surface area (Å²) in [6, 6.07) is 1.68. The van der Waals surface area contributed by atoms with Crippen molar-refractivity contribution in [2.75, 3.05) is 0 Å². The van der Waals surface area contributed by atoms with Gasteiger partial charge in [-0.05, 0) is 6.26 Å². The van der Waals surface area contributed by atoms with E-state index in [0.29, 0.717) is 0 Å². The molecule has 1 heterocycles. The summed E-state index contributed by atoms with van der Waals surface area (Å²) < 4.78 is 4.34. The van der Waals surface area contributed by atoms with E-state index in [1.807, 2.05) is 6.92 Å². The zero-order valence-electron chi connectivity index (χ0n) is 5.01. The first kappa shape index (κ1) is 11.2. The van der Waals surface area contributed by atoms with Gasteiger partial charge in [-0.1, -0.05) is 12.6 Å². The molecule has 0 atom stereocenters. The molecule has 0 N–H and O–H groups in total. The Balaban J connectivity index is 0. The molecule has 0 fully saturated rings. The van der Waals surface area contributed by atoms with Crippen LogP contribution in [0.3, 0.4) is 0 Å². The van der Waals surface area contributed by atoms with Gasteiger partial charge in [-0.2, -0.15) is 6.07 Å². The Kier molecular flexibility index (Phi) is 7.60. The molecule has 0 saturated heterocycles. The van der Waals surface area contributed by atoms with Crippen molar-refractivity contribution in [2.45, 2.75) is 6.92 Å². The summed E-state index contributed by atoms with van der Waals surface area (Å²) in [6.07, 6.45) is 2.44. The van der Waals surface area contributed by atoms with Gasteiger partial charge in [0, 0.05) is 32.7 Å². The van der Waals surface area contributed by atoms with Crippen LogP contribution < -0.4 is 0 Å². The predicted molar refractivity (Wildman–Crippen MR) is 26.5 cm³/mol. The Labute approximate surface area is 74.5 Å². The molecule has 8 heavy (non-hydrogen) atoms. The van der Waals surface area contributed by atoms with Crippen molar-refractivity contribution in [2.24, 2.45) is 0 Å². The third-order valence-corrected chi connectivity index (χ3v) is 0.510. The van der Waals surface area contributed by atoms with E-state index in [1.54, 1.807) is 6.07 Å².